The number of hydrogen-bond acceptors (Lipinski definition) is 3. The minimum atomic E-state index is 0.608. The first-order chi connectivity index (χ1) is 8.24. The van der Waals surface area contributed by atoms with E-state index in [4.69, 9.17) is 10.5 Å². The maximum atomic E-state index is 5.39. The van der Waals surface area contributed by atoms with Crippen LogP contribution in [0, 0.1) is 0 Å². The minimum absolute atomic E-state index is 0.608. The van der Waals surface area contributed by atoms with E-state index in [0.29, 0.717) is 13.2 Å². The Morgan fingerprint density at radius 3 is 2.47 bits per heavy atom. The molecule has 0 unspecified atom stereocenters. The lowest BCUT2D eigenvalue weighted by molar-refractivity contribution is 0.139. The van der Waals surface area contributed by atoms with E-state index in [1.807, 2.05) is 0 Å². The zero-order valence-electron chi connectivity index (χ0n) is 11.0. The molecule has 96 valence electrons. The molecule has 1 aromatic carbocycles. The summed E-state index contributed by atoms with van der Waals surface area (Å²) in [4.78, 5) is 2.20. The molecule has 0 aliphatic heterocycles. The van der Waals surface area contributed by atoms with E-state index < -0.39 is 0 Å². The van der Waals surface area contributed by atoms with E-state index in [0.717, 1.165) is 26.0 Å². The van der Waals surface area contributed by atoms with Gasteiger partial charge in [-0.25, -0.2) is 0 Å². The SMILES string of the molecule is CN(C)Cc1ccccc1CCCOCCN. The predicted octanol–water partition coefficient (Wildman–Crippen LogP) is 1.66. The third-order valence-corrected chi connectivity index (χ3v) is 2.60. The Bertz CT molecular complexity index is 313. The van der Waals surface area contributed by atoms with Gasteiger partial charge in [0.1, 0.15) is 0 Å². The predicted molar refractivity (Wildman–Crippen MR) is 72.0 cm³/mol. The van der Waals surface area contributed by atoms with Crippen LogP contribution < -0.4 is 5.73 Å². The van der Waals surface area contributed by atoms with Crippen molar-refractivity contribution in [2.24, 2.45) is 5.73 Å². The normalized spacial score (nSPS) is 11.1. The van der Waals surface area contributed by atoms with Crippen LogP contribution in [-0.4, -0.2) is 38.8 Å². The van der Waals surface area contributed by atoms with E-state index in [1.54, 1.807) is 0 Å². The van der Waals surface area contributed by atoms with Gasteiger partial charge in [0.05, 0.1) is 6.61 Å². The molecule has 0 saturated heterocycles. The summed E-state index contributed by atoms with van der Waals surface area (Å²) in [6, 6.07) is 8.63. The van der Waals surface area contributed by atoms with Crippen molar-refractivity contribution in [2.75, 3.05) is 33.9 Å². The summed E-state index contributed by atoms with van der Waals surface area (Å²) in [6.45, 7) is 3.07. The highest BCUT2D eigenvalue weighted by molar-refractivity contribution is 5.27. The maximum absolute atomic E-state index is 5.39. The molecule has 17 heavy (non-hydrogen) atoms. The van der Waals surface area contributed by atoms with Gasteiger partial charge in [0.15, 0.2) is 0 Å². The van der Waals surface area contributed by atoms with Crippen LogP contribution in [0.4, 0.5) is 0 Å². The van der Waals surface area contributed by atoms with Crippen molar-refractivity contribution in [3.05, 3.63) is 35.4 Å². The van der Waals surface area contributed by atoms with Crippen LogP contribution in [0.5, 0.6) is 0 Å². The van der Waals surface area contributed by atoms with Gasteiger partial charge in [-0.1, -0.05) is 24.3 Å². The molecule has 0 fully saturated rings. The first-order valence-electron chi connectivity index (χ1n) is 6.23. The van der Waals surface area contributed by atoms with Crippen molar-refractivity contribution in [1.82, 2.24) is 4.90 Å². The number of nitrogens with zero attached hydrogens (tertiary/aromatic N) is 1. The van der Waals surface area contributed by atoms with Gasteiger partial charge in [-0.15, -0.1) is 0 Å². The second-order valence-corrected chi connectivity index (χ2v) is 4.51. The molecule has 2 N–H and O–H groups in total. The summed E-state index contributed by atoms with van der Waals surface area (Å²) in [6.07, 6.45) is 2.14. The highest BCUT2D eigenvalue weighted by atomic mass is 16.5. The molecule has 0 radical (unpaired) electrons. The lowest BCUT2D eigenvalue weighted by Crippen LogP contribution is -2.13. The van der Waals surface area contributed by atoms with Crippen molar-refractivity contribution >= 4 is 0 Å². The average Bonchev–Trinajstić information content (AvgIpc) is 2.30. The Balaban J connectivity index is 2.40. The monoisotopic (exact) mass is 236 g/mol. The second kappa shape index (κ2) is 8.23. The molecule has 0 atom stereocenters. The van der Waals surface area contributed by atoms with Gasteiger partial charge in [-0.2, -0.15) is 0 Å². The average molecular weight is 236 g/mol. The maximum Gasteiger partial charge on any atom is 0.0588 e. The highest BCUT2D eigenvalue weighted by Crippen LogP contribution is 2.12. The third-order valence-electron chi connectivity index (χ3n) is 2.60. The smallest absolute Gasteiger partial charge is 0.0588 e. The molecule has 0 aliphatic rings. The van der Waals surface area contributed by atoms with Crippen molar-refractivity contribution in [1.29, 1.82) is 0 Å². The van der Waals surface area contributed by atoms with Gasteiger partial charge in [0.2, 0.25) is 0 Å². The molecule has 1 rings (SSSR count). The van der Waals surface area contributed by atoms with E-state index in [9.17, 15) is 0 Å². The van der Waals surface area contributed by atoms with Gasteiger partial charge in [0, 0.05) is 19.7 Å². The number of ether oxygens (including phenoxy) is 1. The number of rotatable bonds is 8. The van der Waals surface area contributed by atoms with Crippen LogP contribution in [0.3, 0.4) is 0 Å². The fourth-order valence-corrected chi connectivity index (χ4v) is 1.85. The van der Waals surface area contributed by atoms with Crippen LogP contribution in [0.1, 0.15) is 17.5 Å². The molecule has 0 aromatic heterocycles. The second-order valence-electron chi connectivity index (χ2n) is 4.51. The van der Waals surface area contributed by atoms with E-state index in [-0.39, 0.29) is 0 Å². The quantitative estimate of drug-likeness (QED) is 0.698. The Hall–Kier alpha value is -0.900. The van der Waals surface area contributed by atoms with Gasteiger partial charge < -0.3 is 15.4 Å². The Kier molecular flexibility index (Phi) is 6.86. The lowest BCUT2D eigenvalue weighted by Gasteiger charge is -2.14. The van der Waals surface area contributed by atoms with Crippen LogP contribution in [0.2, 0.25) is 0 Å². The zero-order chi connectivity index (χ0) is 12.5. The summed E-state index contributed by atoms with van der Waals surface area (Å²) in [5.41, 5.74) is 8.21. The Morgan fingerprint density at radius 1 is 1.12 bits per heavy atom. The largest absolute Gasteiger partial charge is 0.380 e. The Morgan fingerprint density at radius 2 is 1.82 bits per heavy atom. The number of hydrogen-bond donors (Lipinski definition) is 1. The summed E-state index contributed by atoms with van der Waals surface area (Å²) in [7, 11) is 4.20. The number of benzene rings is 1. The van der Waals surface area contributed by atoms with E-state index >= 15 is 0 Å². The molecule has 1 aromatic rings. The highest BCUT2D eigenvalue weighted by Gasteiger charge is 2.02. The molecule has 0 bridgehead atoms. The summed E-state index contributed by atoms with van der Waals surface area (Å²) < 4.78 is 5.39. The minimum Gasteiger partial charge on any atom is -0.380 e. The first kappa shape index (κ1) is 14.2. The molecule has 0 aliphatic carbocycles. The van der Waals surface area contributed by atoms with Crippen LogP contribution in [0.15, 0.2) is 24.3 Å². The van der Waals surface area contributed by atoms with Crippen molar-refractivity contribution in [3.63, 3.8) is 0 Å². The molecular formula is C14H24N2O. The summed E-state index contributed by atoms with van der Waals surface area (Å²) >= 11 is 0. The molecule has 0 amide bonds. The summed E-state index contributed by atoms with van der Waals surface area (Å²) in [5, 5.41) is 0. The molecule has 0 saturated carbocycles. The fourth-order valence-electron chi connectivity index (χ4n) is 1.85. The summed E-state index contributed by atoms with van der Waals surface area (Å²) in [5.74, 6) is 0. The topological polar surface area (TPSA) is 38.5 Å². The third kappa shape index (κ3) is 5.82. The van der Waals surface area contributed by atoms with Crippen LogP contribution in [-0.2, 0) is 17.7 Å². The van der Waals surface area contributed by atoms with Crippen molar-refractivity contribution in [3.8, 4) is 0 Å². The molecular weight excluding hydrogens is 212 g/mol. The fraction of sp³-hybridized carbons (Fsp3) is 0.571. The van der Waals surface area contributed by atoms with Gasteiger partial charge in [0.25, 0.3) is 0 Å². The van der Waals surface area contributed by atoms with Crippen molar-refractivity contribution < 1.29 is 4.74 Å². The zero-order valence-corrected chi connectivity index (χ0v) is 11.0. The molecule has 3 nitrogen and oxygen atoms in total. The molecule has 3 heteroatoms. The van der Waals surface area contributed by atoms with Crippen LogP contribution in [0.25, 0.3) is 0 Å². The van der Waals surface area contributed by atoms with Gasteiger partial charge >= 0.3 is 0 Å². The standard InChI is InChI=1S/C14H24N2O/c1-16(2)12-14-7-4-3-6-13(14)8-5-10-17-11-9-15/h3-4,6-7H,5,8-12,15H2,1-2H3. The molecule has 0 heterocycles. The van der Waals surface area contributed by atoms with Gasteiger partial charge in [-0.05, 0) is 38.1 Å². The first-order valence-corrected chi connectivity index (χ1v) is 6.23. The van der Waals surface area contributed by atoms with E-state index in [2.05, 4.69) is 43.3 Å². The number of nitrogens with two attached hydrogens (primary N) is 1. The lowest BCUT2D eigenvalue weighted by atomic mass is 10.0. The Labute approximate surface area is 105 Å². The van der Waals surface area contributed by atoms with Gasteiger partial charge in [-0.3, -0.25) is 0 Å². The molecule has 0 spiro atoms. The van der Waals surface area contributed by atoms with Crippen molar-refractivity contribution in [2.45, 2.75) is 19.4 Å². The van der Waals surface area contributed by atoms with E-state index in [1.165, 1.54) is 11.1 Å². The van der Waals surface area contributed by atoms with Crippen LogP contribution >= 0.6 is 0 Å². The number of aryl methyl sites for hydroxylation is 1.